The summed E-state index contributed by atoms with van der Waals surface area (Å²) in [6.07, 6.45) is 3.04. The van der Waals surface area contributed by atoms with E-state index in [1.54, 1.807) is 35.0 Å². The second kappa shape index (κ2) is 7.78. The summed E-state index contributed by atoms with van der Waals surface area (Å²) in [4.78, 5) is 38.5. The fraction of sp³-hybridized carbons (Fsp3) is 0. The summed E-state index contributed by atoms with van der Waals surface area (Å²) in [7, 11) is 0. The minimum atomic E-state index is -0.930. The summed E-state index contributed by atoms with van der Waals surface area (Å²) in [6.45, 7) is 0. The van der Waals surface area contributed by atoms with Crippen molar-refractivity contribution in [1.29, 1.82) is 0 Å². The predicted molar refractivity (Wildman–Crippen MR) is 111 cm³/mol. The molecule has 3 aromatic rings. The Morgan fingerprint density at radius 1 is 0.933 bits per heavy atom. The molecule has 6 nitrogen and oxygen atoms in total. The molecule has 1 saturated heterocycles. The van der Waals surface area contributed by atoms with Crippen LogP contribution in [0, 0.1) is 5.82 Å². The Morgan fingerprint density at radius 2 is 1.67 bits per heavy atom. The van der Waals surface area contributed by atoms with Crippen molar-refractivity contribution in [3.63, 3.8) is 0 Å². The van der Waals surface area contributed by atoms with Gasteiger partial charge in [0.25, 0.3) is 11.8 Å². The molecule has 1 aromatic heterocycles. The minimum Gasteiger partial charge on any atom is -0.317 e. The molecule has 9 heteroatoms. The first kappa shape index (κ1) is 19.9. The molecule has 0 spiro atoms. The van der Waals surface area contributed by atoms with Crippen molar-refractivity contribution in [1.82, 2.24) is 9.88 Å². The van der Waals surface area contributed by atoms with Gasteiger partial charge in [0.1, 0.15) is 11.4 Å². The zero-order valence-electron chi connectivity index (χ0n) is 15.1. The van der Waals surface area contributed by atoms with Gasteiger partial charge in [0, 0.05) is 17.6 Å². The number of hydrogen-bond donors (Lipinski definition) is 1. The normalized spacial score (nSPS) is 15.6. The number of barbiturate groups is 1. The molecule has 0 atom stereocenters. The monoisotopic (exact) mass is 443 g/mol. The van der Waals surface area contributed by atoms with Crippen LogP contribution in [-0.2, 0) is 9.59 Å². The van der Waals surface area contributed by atoms with E-state index in [-0.39, 0.29) is 27.1 Å². The van der Waals surface area contributed by atoms with E-state index < -0.39 is 17.8 Å². The summed E-state index contributed by atoms with van der Waals surface area (Å²) in [5, 5.41) is 2.29. The van der Waals surface area contributed by atoms with Crippen LogP contribution in [-0.4, -0.2) is 22.4 Å². The van der Waals surface area contributed by atoms with E-state index in [1.165, 1.54) is 36.4 Å². The van der Waals surface area contributed by atoms with Crippen LogP contribution >= 0.6 is 23.2 Å². The van der Waals surface area contributed by atoms with Gasteiger partial charge in [-0.05, 0) is 54.6 Å². The predicted octanol–water partition coefficient (Wildman–Crippen LogP) is 4.59. The second-order valence-corrected chi connectivity index (χ2v) is 7.10. The van der Waals surface area contributed by atoms with E-state index in [9.17, 15) is 18.8 Å². The molecule has 1 aliphatic rings. The highest BCUT2D eigenvalue weighted by molar-refractivity contribution is 6.46. The molecule has 1 aliphatic heterocycles. The smallest absolute Gasteiger partial charge is 0.317 e. The van der Waals surface area contributed by atoms with Crippen LogP contribution in [0.15, 0.2) is 66.4 Å². The summed E-state index contributed by atoms with van der Waals surface area (Å²) in [5.74, 6) is -2.08. The molecular weight excluding hydrogens is 432 g/mol. The summed E-state index contributed by atoms with van der Waals surface area (Å²) in [6, 6.07) is 12.6. The van der Waals surface area contributed by atoms with Gasteiger partial charge in [0.15, 0.2) is 0 Å². The topological polar surface area (TPSA) is 71.4 Å². The van der Waals surface area contributed by atoms with E-state index in [2.05, 4.69) is 5.32 Å². The number of anilines is 1. The van der Waals surface area contributed by atoms with E-state index >= 15 is 0 Å². The van der Waals surface area contributed by atoms with Crippen molar-refractivity contribution in [2.75, 3.05) is 4.90 Å². The lowest BCUT2D eigenvalue weighted by atomic mass is 10.1. The third kappa shape index (κ3) is 3.49. The number of carbonyl (C=O) groups is 3. The Hall–Kier alpha value is -3.42. The quantitative estimate of drug-likeness (QED) is 0.475. The lowest BCUT2D eigenvalue weighted by Gasteiger charge is -2.27. The van der Waals surface area contributed by atoms with Crippen LogP contribution in [0.4, 0.5) is 14.9 Å². The Morgan fingerprint density at radius 3 is 2.40 bits per heavy atom. The van der Waals surface area contributed by atoms with Gasteiger partial charge < -0.3 is 4.57 Å². The summed E-state index contributed by atoms with van der Waals surface area (Å²) < 4.78 is 14.9. The molecule has 0 unspecified atom stereocenters. The Bertz CT molecular complexity index is 1220. The zero-order chi connectivity index (χ0) is 21.4. The maximum atomic E-state index is 13.2. The molecule has 150 valence electrons. The van der Waals surface area contributed by atoms with E-state index in [0.29, 0.717) is 11.4 Å². The molecule has 4 amide bonds. The Balaban J connectivity index is 1.77. The number of rotatable bonds is 3. The number of benzene rings is 2. The van der Waals surface area contributed by atoms with Crippen molar-refractivity contribution in [3.8, 4) is 5.69 Å². The van der Waals surface area contributed by atoms with Crippen molar-refractivity contribution >= 4 is 52.8 Å². The molecule has 2 aromatic carbocycles. The molecule has 0 aliphatic carbocycles. The Labute approximate surface area is 180 Å². The molecule has 1 fully saturated rings. The number of nitrogens with zero attached hydrogens (tertiary/aromatic N) is 2. The highest BCUT2D eigenvalue weighted by Crippen LogP contribution is 2.34. The largest absolute Gasteiger partial charge is 0.336 e. The fourth-order valence-electron chi connectivity index (χ4n) is 3.04. The first-order chi connectivity index (χ1) is 14.4. The van der Waals surface area contributed by atoms with Crippen molar-refractivity contribution in [2.45, 2.75) is 0 Å². The SMILES string of the molecule is O=C1NC(=O)N(c2cccc(Cl)c2Cl)C(=O)/C1=C/c1cccn1-c1ccc(F)cc1. The molecule has 0 bridgehead atoms. The average molecular weight is 444 g/mol. The number of aromatic nitrogens is 1. The van der Waals surface area contributed by atoms with Gasteiger partial charge in [-0.1, -0.05) is 29.3 Å². The van der Waals surface area contributed by atoms with Crippen LogP contribution < -0.4 is 10.2 Å². The van der Waals surface area contributed by atoms with Gasteiger partial charge in [-0.15, -0.1) is 0 Å². The number of imide groups is 2. The van der Waals surface area contributed by atoms with Gasteiger partial charge in [-0.2, -0.15) is 0 Å². The number of halogens is 3. The average Bonchev–Trinajstić information content (AvgIpc) is 3.17. The number of nitrogens with one attached hydrogen (secondary N) is 1. The van der Waals surface area contributed by atoms with Crippen molar-refractivity contribution in [2.24, 2.45) is 0 Å². The van der Waals surface area contributed by atoms with Crippen molar-refractivity contribution < 1.29 is 18.8 Å². The lowest BCUT2D eigenvalue weighted by molar-refractivity contribution is -0.122. The second-order valence-electron chi connectivity index (χ2n) is 6.31. The Kier molecular flexibility index (Phi) is 5.15. The first-order valence-electron chi connectivity index (χ1n) is 8.65. The molecule has 30 heavy (non-hydrogen) atoms. The van der Waals surface area contributed by atoms with Crippen LogP contribution in [0.1, 0.15) is 5.69 Å². The molecule has 0 radical (unpaired) electrons. The minimum absolute atomic E-state index is 0.00560. The van der Waals surface area contributed by atoms with E-state index in [0.717, 1.165) is 4.90 Å². The summed E-state index contributed by atoms with van der Waals surface area (Å²) in [5.41, 5.74) is 0.890. The maximum Gasteiger partial charge on any atom is 0.336 e. The van der Waals surface area contributed by atoms with Gasteiger partial charge in [-0.3, -0.25) is 14.9 Å². The van der Waals surface area contributed by atoms with Crippen LogP contribution in [0.3, 0.4) is 0 Å². The van der Waals surface area contributed by atoms with E-state index in [1.807, 2.05) is 0 Å². The van der Waals surface area contributed by atoms with Crippen LogP contribution in [0.2, 0.25) is 10.0 Å². The summed E-state index contributed by atoms with van der Waals surface area (Å²) >= 11 is 12.2. The first-order valence-corrected chi connectivity index (χ1v) is 9.41. The fourth-order valence-corrected chi connectivity index (χ4v) is 3.42. The van der Waals surface area contributed by atoms with Crippen LogP contribution in [0.25, 0.3) is 11.8 Å². The number of urea groups is 1. The molecule has 2 heterocycles. The number of hydrogen-bond acceptors (Lipinski definition) is 3. The highest BCUT2D eigenvalue weighted by atomic mass is 35.5. The van der Waals surface area contributed by atoms with Gasteiger partial charge in [0.05, 0.1) is 15.7 Å². The molecule has 0 saturated carbocycles. The third-order valence-electron chi connectivity index (χ3n) is 4.45. The van der Waals surface area contributed by atoms with Crippen LogP contribution in [0.5, 0.6) is 0 Å². The lowest BCUT2D eigenvalue weighted by Crippen LogP contribution is -2.54. The number of carbonyl (C=O) groups excluding carboxylic acids is 3. The van der Waals surface area contributed by atoms with Gasteiger partial charge in [-0.25, -0.2) is 14.1 Å². The van der Waals surface area contributed by atoms with Gasteiger partial charge in [0.2, 0.25) is 0 Å². The molecular formula is C21H12Cl2FN3O3. The number of amides is 4. The third-order valence-corrected chi connectivity index (χ3v) is 5.26. The van der Waals surface area contributed by atoms with Crippen molar-refractivity contribution in [3.05, 3.63) is 87.9 Å². The standard InChI is InChI=1S/C21H12Cl2FN3O3/c22-16-4-1-5-17(18(16)23)27-20(29)15(19(28)25-21(27)30)11-14-3-2-10-26(14)13-8-6-12(24)7-9-13/h1-11H,(H,25,28,30)/b15-11+. The van der Waals surface area contributed by atoms with Gasteiger partial charge >= 0.3 is 6.03 Å². The molecule has 4 rings (SSSR count). The van der Waals surface area contributed by atoms with E-state index in [4.69, 9.17) is 23.2 Å². The zero-order valence-corrected chi connectivity index (χ0v) is 16.6. The maximum absolute atomic E-state index is 13.2. The highest BCUT2D eigenvalue weighted by Gasteiger charge is 2.38. The molecule has 1 N–H and O–H groups in total.